The van der Waals surface area contributed by atoms with Crippen LogP contribution in [0.2, 0.25) is 0 Å². The largest absolute Gasteiger partial charge is 0.484 e. The van der Waals surface area contributed by atoms with Crippen molar-refractivity contribution in [2.45, 2.75) is 69.4 Å². The van der Waals surface area contributed by atoms with Crippen LogP contribution in [-0.2, 0) is 24.0 Å². The summed E-state index contributed by atoms with van der Waals surface area (Å²) in [5, 5.41) is 19.4. The molecule has 0 saturated heterocycles. The summed E-state index contributed by atoms with van der Waals surface area (Å²) in [6.07, 6.45) is -2.18. The van der Waals surface area contributed by atoms with Gasteiger partial charge in [-0.1, -0.05) is 0 Å². The molecule has 0 bridgehead atoms. The average Bonchev–Trinajstić information content (AvgIpc) is 3.52. The normalized spacial score (nSPS) is 26.0. The summed E-state index contributed by atoms with van der Waals surface area (Å²) in [7, 11) is 0. The smallest absolute Gasteiger partial charge is 0.417 e. The molecule has 0 amide bonds. The van der Waals surface area contributed by atoms with E-state index in [1.165, 1.54) is 6.20 Å². The van der Waals surface area contributed by atoms with Gasteiger partial charge in [-0.05, 0) is 91.5 Å². The topological polar surface area (TPSA) is 88.9 Å². The van der Waals surface area contributed by atoms with Gasteiger partial charge in [0, 0.05) is 23.7 Å². The molecule has 3 aliphatic rings. The summed E-state index contributed by atoms with van der Waals surface area (Å²) in [4.78, 5) is 15.5. The molecule has 12 heteroatoms. The molecule has 1 unspecified atom stereocenters. The molecular weight excluding hydrogens is 580 g/mol. The number of aliphatic carboxylic acids is 1. The van der Waals surface area contributed by atoms with Gasteiger partial charge in [-0.3, -0.25) is 4.79 Å². The second-order valence-corrected chi connectivity index (χ2v) is 11.8. The number of nitrogens with zero attached hydrogens (tertiary/aromatic N) is 1. The number of rotatable bonds is 7. The highest BCUT2D eigenvalue weighted by atomic mass is 19.4. The van der Waals surface area contributed by atoms with Crippen molar-refractivity contribution in [2.24, 2.45) is 11.8 Å². The minimum atomic E-state index is -5.03. The Morgan fingerprint density at radius 1 is 1.05 bits per heavy atom. The first-order chi connectivity index (χ1) is 20.2. The van der Waals surface area contributed by atoms with E-state index in [2.05, 4.69) is 4.98 Å². The molecule has 43 heavy (non-hydrogen) atoms. The second kappa shape index (κ2) is 10.4. The third-order valence-corrected chi connectivity index (χ3v) is 8.74. The summed E-state index contributed by atoms with van der Waals surface area (Å²) in [6, 6.07) is 4.12. The van der Waals surface area contributed by atoms with Crippen molar-refractivity contribution in [3.05, 3.63) is 76.2 Å². The standard InChI is InChI=1S/C31H27F6NO5/c1-30(41)4-2-17(3-5-30)43-28-23(33)8-15(9-24(28)34)18-7-16(22(32)11-21(18)31(35,36)37)13-42-25-10-14-6-19-26(20(14)12-38-25)27(19)29(39)40/h7-12,17,19,26-27,41H,2-6,13H2,1H3,(H,39,40)/t17?,19-,26-,27?,30?/m1/s1. The number of hydrogen-bond donors (Lipinski definition) is 2. The van der Waals surface area contributed by atoms with Crippen molar-refractivity contribution >= 4 is 5.97 Å². The molecule has 228 valence electrons. The van der Waals surface area contributed by atoms with E-state index in [0.717, 1.165) is 17.2 Å². The van der Waals surface area contributed by atoms with E-state index >= 15 is 8.78 Å². The lowest BCUT2D eigenvalue weighted by molar-refractivity contribution is -0.139. The van der Waals surface area contributed by atoms with Crippen LogP contribution in [0.15, 0.2) is 36.5 Å². The summed E-state index contributed by atoms with van der Waals surface area (Å²) >= 11 is 0. The number of aromatic nitrogens is 1. The third kappa shape index (κ3) is 5.64. The number of carbonyl (C=O) groups is 1. The Morgan fingerprint density at radius 2 is 1.72 bits per heavy atom. The number of carboxylic acid groups (broad SMARTS) is 1. The monoisotopic (exact) mass is 607 g/mol. The van der Waals surface area contributed by atoms with Gasteiger partial charge in [0.25, 0.3) is 0 Å². The zero-order valence-electron chi connectivity index (χ0n) is 22.9. The summed E-state index contributed by atoms with van der Waals surface area (Å²) in [5.74, 6) is -5.74. The number of alkyl halides is 3. The van der Waals surface area contributed by atoms with Crippen LogP contribution in [0.25, 0.3) is 11.1 Å². The summed E-state index contributed by atoms with van der Waals surface area (Å²) in [6.45, 7) is 1.13. The molecule has 1 aromatic heterocycles. The zero-order chi connectivity index (χ0) is 30.8. The maximum Gasteiger partial charge on any atom is 0.417 e. The number of hydrogen-bond acceptors (Lipinski definition) is 5. The molecule has 0 aliphatic heterocycles. The van der Waals surface area contributed by atoms with Gasteiger partial charge in [-0.2, -0.15) is 13.2 Å². The number of halogens is 6. The number of carboxylic acids is 1. The van der Waals surface area contributed by atoms with Crippen LogP contribution in [0.3, 0.4) is 0 Å². The van der Waals surface area contributed by atoms with E-state index < -0.39 is 76.3 Å². The lowest BCUT2D eigenvalue weighted by Gasteiger charge is -2.33. The molecule has 6 nitrogen and oxygen atoms in total. The average molecular weight is 608 g/mol. The second-order valence-electron chi connectivity index (χ2n) is 11.8. The van der Waals surface area contributed by atoms with E-state index in [1.54, 1.807) is 13.0 Å². The highest BCUT2D eigenvalue weighted by Gasteiger charge is 2.60. The number of benzene rings is 2. The zero-order valence-corrected chi connectivity index (χ0v) is 22.9. The summed E-state index contributed by atoms with van der Waals surface area (Å²) in [5.41, 5.74) is -2.08. The minimum Gasteiger partial charge on any atom is -0.484 e. The van der Waals surface area contributed by atoms with Crippen LogP contribution in [0.5, 0.6) is 11.6 Å². The van der Waals surface area contributed by atoms with E-state index in [1.807, 2.05) is 0 Å². The Balaban J connectivity index is 1.24. The highest BCUT2D eigenvalue weighted by Crippen LogP contribution is 2.61. The molecular formula is C31H27F6NO5. The van der Waals surface area contributed by atoms with Gasteiger partial charge in [0.2, 0.25) is 5.88 Å². The fourth-order valence-electron chi connectivity index (χ4n) is 6.36. The van der Waals surface area contributed by atoms with Crippen molar-refractivity contribution < 1.29 is 50.8 Å². The molecule has 2 N–H and O–H groups in total. The van der Waals surface area contributed by atoms with Gasteiger partial charge in [0.15, 0.2) is 17.4 Å². The van der Waals surface area contributed by atoms with Crippen molar-refractivity contribution in [3.63, 3.8) is 0 Å². The lowest BCUT2D eigenvalue weighted by Crippen LogP contribution is -2.35. The molecule has 0 radical (unpaired) electrons. The van der Waals surface area contributed by atoms with E-state index in [-0.39, 0.29) is 29.3 Å². The van der Waals surface area contributed by atoms with Crippen LogP contribution < -0.4 is 9.47 Å². The maximum atomic E-state index is 15.1. The van der Waals surface area contributed by atoms with E-state index in [9.17, 15) is 32.6 Å². The molecule has 1 heterocycles. The Hall–Kier alpha value is -3.80. The van der Waals surface area contributed by atoms with Crippen LogP contribution in [0.1, 0.15) is 60.8 Å². The predicted molar refractivity (Wildman–Crippen MR) is 140 cm³/mol. The lowest BCUT2D eigenvalue weighted by atomic mass is 9.85. The molecule has 0 spiro atoms. The summed E-state index contributed by atoms with van der Waals surface area (Å²) < 4.78 is 97.8. The Bertz CT molecular complexity index is 1570. The molecule has 6 rings (SSSR count). The molecule has 2 saturated carbocycles. The van der Waals surface area contributed by atoms with Crippen molar-refractivity contribution in [1.29, 1.82) is 0 Å². The molecule has 2 aromatic carbocycles. The SMILES string of the molecule is CC1(O)CCC(Oc2c(F)cc(-c3cc(COc4cc5c(cn4)[C@@H]4C(C(=O)O)[C@@H]4C5)c(F)cc3C(F)(F)F)cc2F)CC1. The molecule has 3 atom stereocenters. The maximum absolute atomic E-state index is 15.1. The minimum absolute atomic E-state index is 0.0175. The third-order valence-electron chi connectivity index (χ3n) is 8.74. The van der Waals surface area contributed by atoms with Gasteiger partial charge in [0.05, 0.1) is 23.2 Å². The first-order valence-electron chi connectivity index (χ1n) is 13.8. The first-order valence-corrected chi connectivity index (χ1v) is 13.8. The van der Waals surface area contributed by atoms with Gasteiger partial charge >= 0.3 is 12.1 Å². The number of aliphatic hydroxyl groups is 1. The number of pyridine rings is 1. The van der Waals surface area contributed by atoms with Crippen molar-refractivity contribution in [1.82, 2.24) is 4.98 Å². The van der Waals surface area contributed by atoms with E-state index in [4.69, 9.17) is 9.47 Å². The highest BCUT2D eigenvalue weighted by molar-refractivity contribution is 5.77. The Labute approximate surface area is 242 Å². The van der Waals surface area contributed by atoms with Gasteiger partial charge < -0.3 is 19.7 Å². The van der Waals surface area contributed by atoms with Gasteiger partial charge in [0.1, 0.15) is 12.4 Å². The quantitative estimate of drug-likeness (QED) is 0.287. The fraction of sp³-hybridized carbons (Fsp3) is 0.419. The van der Waals surface area contributed by atoms with Gasteiger partial charge in [-0.15, -0.1) is 0 Å². The number of fused-ring (bicyclic) bond motifs is 3. The molecule has 2 fully saturated rings. The first kappa shape index (κ1) is 29.3. The van der Waals surface area contributed by atoms with Crippen LogP contribution in [0.4, 0.5) is 26.3 Å². The van der Waals surface area contributed by atoms with Crippen LogP contribution in [0, 0.1) is 29.3 Å². The fourth-order valence-corrected chi connectivity index (χ4v) is 6.36. The number of ether oxygens (including phenoxy) is 2. The predicted octanol–water partition coefficient (Wildman–Crippen LogP) is 6.81. The van der Waals surface area contributed by atoms with Crippen LogP contribution in [-0.4, -0.2) is 32.9 Å². The van der Waals surface area contributed by atoms with Crippen LogP contribution >= 0.6 is 0 Å². The van der Waals surface area contributed by atoms with Crippen molar-refractivity contribution in [3.8, 4) is 22.8 Å². The molecule has 3 aromatic rings. The Morgan fingerprint density at radius 3 is 2.35 bits per heavy atom. The molecule has 3 aliphatic carbocycles. The van der Waals surface area contributed by atoms with Gasteiger partial charge in [-0.25, -0.2) is 18.2 Å². The van der Waals surface area contributed by atoms with Crippen molar-refractivity contribution in [2.75, 3.05) is 0 Å². The Kier molecular flexibility index (Phi) is 7.10. The van der Waals surface area contributed by atoms with E-state index in [0.29, 0.717) is 44.2 Å².